The van der Waals surface area contributed by atoms with Gasteiger partial charge < -0.3 is 0 Å². The second-order valence-corrected chi connectivity index (χ2v) is 6.03. The van der Waals surface area contributed by atoms with Crippen molar-refractivity contribution in [1.29, 1.82) is 0 Å². The van der Waals surface area contributed by atoms with E-state index in [1.165, 1.54) is 15.6 Å². The molecule has 1 aromatic rings. The van der Waals surface area contributed by atoms with Crippen molar-refractivity contribution in [2.45, 2.75) is 45.4 Å². The summed E-state index contributed by atoms with van der Waals surface area (Å²) in [4.78, 5) is 6.11. The molecule has 0 aliphatic rings. The third-order valence-electron chi connectivity index (χ3n) is 2.02. The lowest BCUT2D eigenvalue weighted by atomic mass is 10.1. The monoisotopic (exact) mass is 275 g/mol. The normalized spacial score (nSPS) is 11.6. The summed E-state index contributed by atoms with van der Waals surface area (Å²) in [6, 6.07) is 0. The third kappa shape index (κ3) is 3.06. The Morgan fingerprint density at radius 1 is 1.29 bits per heavy atom. The van der Waals surface area contributed by atoms with Gasteiger partial charge in [-0.3, -0.25) is 0 Å². The fourth-order valence-corrected chi connectivity index (χ4v) is 3.31. The summed E-state index contributed by atoms with van der Waals surface area (Å²) in [5, 5.41) is 2.23. The van der Waals surface area contributed by atoms with E-state index in [2.05, 4.69) is 43.6 Å². The van der Waals surface area contributed by atoms with E-state index in [0.29, 0.717) is 11.8 Å². The molecule has 3 heteroatoms. The highest BCUT2D eigenvalue weighted by Gasteiger charge is 2.13. The molecule has 0 saturated heterocycles. The van der Waals surface area contributed by atoms with Crippen LogP contribution in [0.5, 0.6) is 0 Å². The predicted octanol–water partition coefficient (Wildman–Crippen LogP) is 4.36. The van der Waals surface area contributed by atoms with E-state index in [4.69, 9.17) is 4.98 Å². The van der Waals surface area contributed by atoms with Gasteiger partial charge in [0.05, 0.1) is 10.7 Å². The largest absolute Gasteiger partial charge is 0.246 e. The molecule has 1 aromatic heterocycles. The lowest BCUT2D eigenvalue weighted by Crippen LogP contribution is -1.95. The Bertz CT molecular complexity index is 291. The van der Waals surface area contributed by atoms with Crippen LogP contribution < -0.4 is 0 Å². The van der Waals surface area contributed by atoms with E-state index in [0.717, 1.165) is 11.8 Å². The summed E-state index contributed by atoms with van der Waals surface area (Å²) < 4.78 is 0. The minimum atomic E-state index is 0.541. The molecule has 1 heterocycles. The summed E-state index contributed by atoms with van der Waals surface area (Å²) in [5.74, 6) is 1.24. The maximum absolute atomic E-state index is 4.71. The molecule has 0 unspecified atom stereocenters. The van der Waals surface area contributed by atoms with Crippen molar-refractivity contribution in [3.05, 3.63) is 15.6 Å². The highest BCUT2D eigenvalue weighted by Crippen LogP contribution is 2.28. The van der Waals surface area contributed by atoms with Crippen molar-refractivity contribution in [2.75, 3.05) is 0 Å². The van der Waals surface area contributed by atoms with E-state index >= 15 is 0 Å². The van der Waals surface area contributed by atoms with Crippen LogP contribution in [-0.4, -0.2) is 4.98 Å². The van der Waals surface area contributed by atoms with Crippen molar-refractivity contribution in [2.24, 2.45) is 5.92 Å². The van der Waals surface area contributed by atoms with Crippen LogP contribution in [0.1, 0.15) is 49.2 Å². The maximum atomic E-state index is 4.71. The Morgan fingerprint density at radius 3 is 2.29 bits per heavy atom. The first-order valence-electron chi connectivity index (χ1n) is 5.09. The van der Waals surface area contributed by atoms with Crippen LogP contribution >= 0.6 is 27.3 Å². The molecule has 0 spiro atoms. The Kier molecular flexibility index (Phi) is 4.58. The number of alkyl halides is 1. The zero-order chi connectivity index (χ0) is 10.7. The molecule has 0 bridgehead atoms. The Morgan fingerprint density at radius 2 is 1.93 bits per heavy atom. The van der Waals surface area contributed by atoms with Gasteiger partial charge in [0.1, 0.15) is 0 Å². The van der Waals surface area contributed by atoms with Crippen molar-refractivity contribution in [3.63, 3.8) is 0 Å². The molecule has 0 N–H and O–H groups in total. The number of thiazole rings is 1. The SMILES string of the molecule is CC(C)Cc1nc(C(C)C)c(CBr)s1. The van der Waals surface area contributed by atoms with Crippen LogP contribution in [0.2, 0.25) is 0 Å². The molecule has 0 aliphatic carbocycles. The highest BCUT2D eigenvalue weighted by molar-refractivity contribution is 9.08. The summed E-state index contributed by atoms with van der Waals surface area (Å²) in [7, 11) is 0. The van der Waals surface area contributed by atoms with E-state index in [1.54, 1.807) is 0 Å². The second kappa shape index (κ2) is 5.26. The molecule has 80 valence electrons. The quantitative estimate of drug-likeness (QED) is 0.744. The van der Waals surface area contributed by atoms with Crippen LogP contribution in [0.25, 0.3) is 0 Å². The third-order valence-corrected chi connectivity index (χ3v) is 4.05. The zero-order valence-electron chi connectivity index (χ0n) is 9.30. The molecular weight excluding hydrogens is 258 g/mol. The second-order valence-electron chi connectivity index (χ2n) is 4.30. The molecule has 1 rings (SSSR count). The van der Waals surface area contributed by atoms with Crippen LogP contribution in [0.15, 0.2) is 0 Å². The molecule has 0 fully saturated rings. The topological polar surface area (TPSA) is 12.9 Å². The zero-order valence-corrected chi connectivity index (χ0v) is 11.7. The summed E-state index contributed by atoms with van der Waals surface area (Å²) >= 11 is 5.38. The summed E-state index contributed by atoms with van der Waals surface area (Å²) in [5.41, 5.74) is 1.28. The lowest BCUT2D eigenvalue weighted by Gasteiger charge is -2.01. The van der Waals surface area contributed by atoms with Gasteiger partial charge in [-0.15, -0.1) is 11.3 Å². The molecule has 0 amide bonds. The number of rotatable bonds is 4. The van der Waals surface area contributed by atoms with Crippen LogP contribution in [-0.2, 0) is 11.8 Å². The molecule has 0 radical (unpaired) electrons. The number of hydrogen-bond acceptors (Lipinski definition) is 2. The Labute approximate surface area is 99.1 Å². The average Bonchev–Trinajstić information content (AvgIpc) is 2.46. The molecule has 0 aromatic carbocycles. The summed E-state index contributed by atoms with van der Waals surface area (Å²) in [6.07, 6.45) is 1.11. The van der Waals surface area contributed by atoms with Gasteiger partial charge >= 0.3 is 0 Å². The van der Waals surface area contributed by atoms with Gasteiger partial charge in [-0.05, 0) is 11.8 Å². The van der Waals surface area contributed by atoms with E-state index in [9.17, 15) is 0 Å². The predicted molar refractivity (Wildman–Crippen MR) is 67.4 cm³/mol. The van der Waals surface area contributed by atoms with Gasteiger partial charge in [0, 0.05) is 16.6 Å². The van der Waals surface area contributed by atoms with E-state index in [-0.39, 0.29) is 0 Å². The molecule has 14 heavy (non-hydrogen) atoms. The highest BCUT2D eigenvalue weighted by atomic mass is 79.9. The fraction of sp³-hybridized carbons (Fsp3) is 0.727. The number of nitrogens with zero attached hydrogens (tertiary/aromatic N) is 1. The average molecular weight is 276 g/mol. The molecular formula is C11H18BrNS. The standard InChI is InChI=1S/C11H18BrNS/c1-7(2)5-10-13-11(8(3)4)9(6-12)14-10/h7-8H,5-6H2,1-4H3. The number of halogens is 1. The van der Waals surface area contributed by atoms with Crippen molar-refractivity contribution in [3.8, 4) is 0 Å². The van der Waals surface area contributed by atoms with Gasteiger partial charge in [0.2, 0.25) is 0 Å². The molecule has 1 nitrogen and oxygen atoms in total. The number of aromatic nitrogens is 1. The van der Waals surface area contributed by atoms with E-state index in [1.807, 2.05) is 11.3 Å². The van der Waals surface area contributed by atoms with Crippen LogP contribution in [0, 0.1) is 5.92 Å². The van der Waals surface area contributed by atoms with Crippen molar-refractivity contribution < 1.29 is 0 Å². The maximum Gasteiger partial charge on any atom is 0.0934 e. The molecule has 0 atom stereocenters. The first kappa shape index (κ1) is 12.2. The first-order chi connectivity index (χ1) is 6.54. The Balaban J connectivity index is 2.89. The lowest BCUT2D eigenvalue weighted by molar-refractivity contribution is 0.641. The van der Waals surface area contributed by atoms with Crippen molar-refractivity contribution in [1.82, 2.24) is 4.98 Å². The fourth-order valence-electron chi connectivity index (χ4n) is 1.40. The van der Waals surface area contributed by atoms with Gasteiger partial charge in [-0.2, -0.15) is 0 Å². The summed E-state index contributed by atoms with van der Waals surface area (Å²) in [6.45, 7) is 8.90. The van der Waals surface area contributed by atoms with Crippen LogP contribution in [0.3, 0.4) is 0 Å². The number of hydrogen-bond donors (Lipinski definition) is 0. The minimum absolute atomic E-state index is 0.541. The smallest absolute Gasteiger partial charge is 0.0934 e. The van der Waals surface area contributed by atoms with Gasteiger partial charge in [-0.25, -0.2) is 4.98 Å². The van der Waals surface area contributed by atoms with Crippen LogP contribution in [0.4, 0.5) is 0 Å². The molecule has 0 saturated carbocycles. The van der Waals surface area contributed by atoms with E-state index < -0.39 is 0 Å². The van der Waals surface area contributed by atoms with Gasteiger partial charge in [0.25, 0.3) is 0 Å². The van der Waals surface area contributed by atoms with Gasteiger partial charge in [0.15, 0.2) is 0 Å². The minimum Gasteiger partial charge on any atom is -0.246 e. The van der Waals surface area contributed by atoms with Crippen molar-refractivity contribution >= 4 is 27.3 Å². The molecule has 0 aliphatic heterocycles. The van der Waals surface area contributed by atoms with Gasteiger partial charge in [-0.1, -0.05) is 43.6 Å². The first-order valence-corrected chi connectivity index (χ1v) is 7.02. The Hall–Kier alpha value is 0.110.